The molecule has 0 bridgehead atoms. The van der Waals surface area contributed by atoms with Crippen molar-refractivity contribution in [3.8, 4) is 11.5 Å². The van der Waals surface area contributed by atoms with E-state index >= 15 is 0 Å². The van der Waals surface area contributed by atoms with Crippen LogP contribution in [0, 0.1) is 0 Å². The number of nitrogens with one attached hydrogen (secondary N) is 1. The molecule has 4 nitrogen and oxygen atoms in total. The molecule has 21 heavy (non-hydrogen) atoms. The summed E-state index contributed by atoms with van der Waals surface area (Å²) in [5.41, 5.74) is 6.12. The maximum absolute atomic E-state index is 5.82. The van der Waals surface area contributed by atoms with Crippen LogP contribution >= 0.6 is 15.9 Å². The number of hydrogen-bond acceptors (Lipinski definition) is 4. The predicted molar refractivity (Wildman–Crippen MR) is 85.5 cm³/mol. The van der Waals surface area contributed by atoms with E-state index in [2.05, 4.69) is 27.4 Å². The van der Waals surface area contributed by atoms with Crippen molar-refractivity contribution in [1.82, 2.24) is 5.43 Å². The van der Waals surface area contributed by atoms with Gasteiger partial charge in [-0.1, -0.05) is 40.2 Å². The average Bonchev–Trinajstić information content (AvgIpc) is 2.98. The fraction of sp³-hybridized carbons (Fsp3) is 0.250. The van der Waals surface area contributed by atoms with Gasteiger partial charge in [-0.05, 0) is 17.7 Å². The van der Waals surface area contributed by atoms with E-state index in [0.717, 1.165) is 40.1 Å². The molecule has 1 atom stereocenters. The summed E-state index contributed by atoms with van der Waals surface area (Å²) in [7, 11) is 1.66. The summed E-state index contributed by atoms with van der Waals surface area (Å²) in [6.07, 6.45) is 0.942. The van der Waals surface area contributed by atoms with Crippen LogP contribution in [0.15, 0.2) is 40.9 Å². The Morgan fingerprint density at radius 2 is 2.14 bits per heavy atom. The Bertz CT molecular complexity index is 661. The molecule has 1 heterocycles. The highest BCUT2D eigenvalue weighted by molar-refractivity contribution is 9.10. The van der Waals surface area contributed by atoms with Crippen LogP contribution in [-0.2, 0) is 6.42 Å². The molecular formula is C16H17BrN2O2. The van der Waals surface area contributed by atoms with Gasteiger partial charge in [0, 0.05) is 22.0 Å². The number of fused-ring (bicyclic) bond motifs is 1. The summed E-state index contributed by atoms with van der Waals surface area (Å²) < 4.78 is 12.2. The van der Waals surface area contributed by atoms with Crippen LogP contribution in [0.3, 0.4) is 0 Å². The highest BCUT2D eigenvalue weighted by Crippen LogP contribution is 2.39. The number of hydrazine groups is 1. The lowest BCUT2D eigenvalue weighted by atomic mass is 9.95. The second kappa shape index (κ2) is 6.05. The van der Waals surface area contributed by atoms with E-state index in [1.165, 1.54) is 5.56 Å². The number of nitrogens with two attached hydrogens (primary N) is 1. The van der Waals surface area contributed by atoms with Crippen LogP contribution in [0.4, 0.5) is 0 Å². The molecule has 0 amide bonds. The van der Waals surface area contributed by atoms with Crippen molar-refractivity contribution in [1.29, 1.82) is 0 Å². The zero-order valence-electron chi connectivity index (χ0n) is 11.7. The van der Waals surface area contributed by atoms with Crippen LogP contribution in [0.5, 0.6) is 11.5 Å². The number of halogens is 1. The van der Waals surface area contributed by atoms with Gasteiger partial charge in [0.25, 0.3) is 0 Å². The van der Waals surface area contributed by atoms with Crippen molar-refractivity contribution in [3.05, 3.63) is 57.6 Å². The molecule has 0 spiro atoms. The first-order valence-electron chi connectivity index (χ1n) is 6.78. The predicted octanol–water partition coefficient (Wildman–Crippen LogP) is 2.95. The second-order valence-electron chi connectivity index (χ2n) is 4.92. The monoisotopic (exact) mass is 348 g/mol. The van der Waals surface area contributed by atoms with Gasteiger partial charge < -0.3 is 9.47 Å². The molecule has 0 aliphatic carbocycles. The SMILES string of the molecule is COc1cc(Br)ccc1C(NN)c1cccc2c1OCC2. The molecule has 110 valence electrons. The van der Waals surface area contributed by atoms with Crippen LogP contribution in [0.1, 0.15) is 22.7 Å². The molecular weight excluding hydrogens is 332 g/mol. The number of ether oxygens (including phenoxy) is 2. The molecule has 2 aromatic rings. The average molecular weight is 349 g/mol. The van der Waals surface area contributed by atoms with E-state index in [0.29, 0.717) is 0 Å². The standard InChI is InChI=1S/C16H17BrN2O2/c1-20-14-9-11(17)5-6-12(14)15(19-18)13-4-2-3-10-7-8-21-16(10)13/h2-6,9,15,19H,7-8,18H2,1H3. The molecule has 0 saturated heterocycles. The third-order valence-electron chi connectivity index (χ3n) is 3.73. The van der Waals surface area contributed by atoms with Gasteiger partial charge in [0.2, 0.25) is 0 Å². The first-order chi connectivity index (χ1) is 10.2. The second-order valence-corrected chi connectivity index (χ2v) is 5.84. The van der Waals surface area contributed by atoms with Crippen LogP contribution in [-0.4, -0.2) is 13.7 Å². The van der Waals surface area contributed by atoms with E-state index < -0.39 is 0 Å². The van der Waals surface area contributed by atoms with E-state index in [1.54, 1.807) is 7.11 Å². The summed E-state index contributed by atoms with van der Waals surface area (Å²) in [5.74, 6) is 7.54. The summed E-state index contributed by atoms with van der Waals surface area (Å²) in [6, 6.07) is 11.9. The zero-order valence-corrected chi connectivity index (χ0v) is 13.3. The fourth-order valence-corrected chi connectivity index (χ4v) is 3.08. The normalized spacial score (nSPS) is 14.4. The van der Waals surface area contributed by atoms with E-state index in [-0.39, 0.29) is 6.04 Å². The van der Waals surface area contributed by atoms with Gasteiger partial charge in [0.05, 0.1) is 19.8 Å². The molecule has 0 aromatic heterocycles. The molecule has 1 aliphatic rings. The van der Waals surface area contributed by atoms with Crippen molar-refractivity contribution >= 4 is 15.9 Å². The minimum absolute atomic E-state index is 0.180. The van der Waals surface area contributed by atoms with Gasteiger partial charge >= 0.3 is 0 Å². The molecule has 1 unspecified atom stereocenters. The largest absolute Gasteiger partial charge is 0.496 e. The first-order valence-corrected chi connectivity index (χ1v) is 7.58. The highest BCUT2D eigenvalue weighted by Gasteiger charge is 2.24. The van der Waals surface area contributed by atoms with Crippen molar-refractivity contribution in [2.75, 3.05) is 13.7 Å². The Kier molecular flexibility index (Phi) is 4.14. The third-order valence-corrected chi connectivity index (χ3v) is 4.22. The number of hydrogen-bond donors (Lipinski definition) is 2. The minimum atomic E-state index is -0.180. The number of benzene rings is 2. The number of rotatable bonds is 4. The maximum atomic E-state index is 5.82. The lowest BCUT2D eigenvalue weighted by molar-refractivity contribution is 0.349. The summed E-state index contributed by atoms with van der Waals surface area (Å²) in [4.78, 5) is 0. The van der Waals surface area contributed by atoms with Gasteiger partial charge in [-0.25, -0.2) is 5.43 Å². The van der Waals surface area contributed by atoms with Crippen molar-refractivity contribution < 1.29 is 9.47 Å². The summed E-state index contributed by atoms with van der Waals surface area (Å²) in [5, 5.41) is 0. The first kappa shape index (κ1) is 14.4. The van der Waals surface area contributed by atoms with Crippen LogP contribution in [0.2, 0.25) is 0 Å². The fourth-order valence-electron chi connectivity index (χ4n) is 2.74. The van der Waals surface area contributed by atoms with Crippen molar-refractivity contribution in [2.24, 2.45) is 5.84 Å². The third kappa shape index (κ3) is 2.64. The van der Waals surface area contributed by atoms with E-state index in [4.69, 9.17) is 15.3 Å². The lowest BCUT2D eigenvalue weighted by Crippen LogP contribution is -2.29. The molecule has 0 saturated carbocycles. The quantitative estimate of drug-likeness (QED) is 0.658. The number of para-hydroxylation sites is 1. The van der Waals surface area contributed by atoms with Crippen LogP contribution in [0.25, 0.3) is 0 Å². The van der Waals surface area contributed by atoms with Crippen molar-refractivity contribution in [2.45, 2.75) is 12.5 Å². The highest BCUT2D eigenvalue weighted by atomic mass is 79.9. The Balaban J connectivity index is 2.09. The maximum Gasteiger partial charge on any atom is 0.127 e. The summed E-state index contributed by atoms with van der Waals surface area (Å²) >= 11 is 3.46. The van der Waals surface area contributed by atoms with Gasteiger partial charge in [-0.3, -0.25) is 5.84 Å². The van der Waals surface area contributed by atoms with Gasteiger partial charge in [-0.15, -0.1) is 0 Å². The molecule has 1 aliphatic heterocycles. The molecule has 3 rings (SSSR count). The lowest BCUT2D eigenvalue weighted by Gasteiger charge is -2.21. The molecule has 3 N–H and O–H groups in total. The molecule has 0 fully saturated rings. The topological polar surface area (TPSA) is 56.5 Å². The molecule has 0 radical (unpaired) electrons. The number of methoxy groups -OCH3 is 1. The van der Waals surface area contributed by atoms with Crippen molar-refractivity contribution in [3.63, 3.8) is 0 Å². The minimum Gasteiger partial charge on any atom is -0.496 e. The Morgan fingerprint density at radius 1 is 1.29 bits per heavy atom. The Hall–Kier alpha value is -1.56. The Labute approximate surface area is 132 Å². The van der Waals surface area contributed by atoms with Gasteiger partial charge in [-0.2, -0.15) is 0 Å². The van der Waals surface area contributed by atoms with E-state index in [9.17, 15) is 0 Å². The summed E-state index contributed by atoms with van der Waals surface area (Å²) in [6.45, 7) is 0.723. The van der Waals surface area contributed by atoms with Crippen LogP contribution < -0.4 is 20.7 Å². The Morgan fingerprint density at radius 3 is 2.90 bits per heavy atom. The van der Waals surface area contributed by atoms with Gasteiger partial charge in [0.1, 0.15) is 11.5 Å². The van der Waals surface area contributed by atoms with Gasteiger partial charge in [0.15, 0.2) is 0 Å². The zero-order chi connectivity index (χ0) is 14.8. The molecule has 2 aromatic carbocycles. The van der Waals surface area contributed by atoms with E-state index in [1.807, 2.05) is 30.3 Å². The molecule has 5 heteroatoms. The smallest absolute Gasteiger partial charge is 0.127 e.